The number of hydrogen-bond donors (Lipinski definition) is 0. The van der Waals surface area contributed by atoms with Gasteiger partial charge in [0.15, 0.2) is 0 Å². The smallest absolute Gasteiger partial charge is 0.0835 e. The largest absolute Gasteiger partial charge is 0.370 e. The Morgan fingerprint density at radius 2 is 1.43 bits per heavy atom. The van der Waals surface area contributed by atoms with Gasteiger partial charge in [-0.2, -0.15) is 0 Å². The van der Waals surface area contributed by atoms with Crippen molar-refractivity contribution in [3.63, 3.8) is 0 Å². The molecule has 0 bridgehead atoms. The second-order valence-corrected chi connectivity index (χ2v) is 7.53. The molecule has 2 atom stereocenters. The van der Waals surface area contributed by atoms with Crippen LogP contribution in [0.1, 0.15) is 47.5 Å². The van der Waals surface area contributed by atoms with Crippen LogP contribution >= 0.6 is 21.6 Å². The van der Waals surface area contributed by atoms with Crippen LogP contribution in [-0.2, 0) is 4.74 Å². The van der Waals surface area contributed by atoms with E-state index in [1.165, 1.54) is 12.8 Å². The van der Waals surface area contributed by atoms with Crippen LogP contribution in [0.2, 0.25) is 0 Å². The summed E-state index contributed by atoms with van der Waals surface area (Å²) in [5.41, 5.74) is -0.00301. The van der Waals surface area contributed by atoms with Crippen molar-refractivity contribution < 1.29 is 4.74 Å². The lowest BCUT2D eigenvalue weighted by Crippen LogP contribution is -2.37. The zero-order chi connectivity index (χ0) is 10.8. The van der Waals surface area contributed by atoms with Gasteiger partial charge in [-0.05, 0) is 33.6 Å². The summed E-state index contributed by atoms with van der Waals surface area (Å²) in [6, 6.07) is 0. The minimum Gasteiger partial charge on any atom is -0.370 e. The van der Waals surface area contributed by atoms with Crippen LogP contribution in [0, 0.1) is 0 Å². The Balaban J connectivity index is 2.60. The van der Waals surface area contributed by atoms with E-state index in [9.17, 15) is 0 Å². The maximum Gasteiger partial charge on any atom is 0.0835 e. The molecule has 0 aromatic heterocycles. The molecule has 1 aliphatic heterocycles. The molecule has 0 amide bonds. The predicted octanol–water partition coefficient (Wildman–Crippen LogP) is 4.12. The maximum atomic E-state index is 6.16. The molecule has 14 heavy (non-hydrogen) atoms. The van der Waals surface area contributed by atoms with Gasteiger partial charge in [0.05, 0.1) is 11.7 Å². The molecule has 2 unspecified atom stereocenters. The zero-order valence-corrected chi connectivity index (χ0v) is 11.5. The molecule has 0 saturated carbocycles. The first-order valence-electron chi connectivity index (χ1n) is 5.48. The van der Waals surface area contributed by atoms with E-state index in [4.69, 9.17) is 4.74 Å². The predicted molar refractivity (Wildman–Crippen MR) is 68.0 cm³/mol. The van der Waals surface area contributed by atoms with Crippen molar-refractivity contribution >= 4 is 21.6 Å². The van der Waals surface area contributed by atoms with Crippen molar-refractivity contribution in [3.05, 3.63) is 0 Å². The first-order valence-corrected chi connectivity index (χ1v) is 7.75. The Labute approximate surface area is 96.1 Å². The first-order chi connectivity index (χ1) is 6.48. The van der Waals surface area contributed by atoms with Crippen LogP contribution in [0.3, 0.4) is 0 Å². The fourth-order valence-corrected chi connectivity index (χ4v) is 5.35. The summed E-state index contributed by atoms with van der Waals surface area (Å²) in [5, 5.41) is 1.37. The Morgan fingerprint density at radius 1 is 1.00 bits per heavy atom. The molecule has 0 N–H and O–H groups in total. The monoisotopic (exact) mass is 234 g/mol. The Hall–Kier alpha value is 0.660. The van der Waals surface area contributed by atoms with Crippen LogP contribution in [0.25, 0.3) is 0 Å². The normalized spacial score (nSPS) is 33.6. The number of rotatable bonds is 3. The van der Waals surface area contributed by atoms with Gasteiger partial charge in [-0.1, -0.05) is 35.4 Å². The first kappa shape index (κ1) is 12.7. The Bertz CT molecular complexity index is 165. The molecular formula is C11H22OS2. The summed E-state index contributed by atoms with van der Waals surface area (Å²) in [7, 11) is 4.03. The van der Waals surface area contributed by atoms with Crippen LogP contribution in [0.5, 0.6) is 0 Å². The van der Waals surface area contributed by atoms with Gasteiger partial charge in [0, 0.05) is 10.5 Å². The highest BCUT2D eigenvalue weighted by molar-refractivity contribution is 8.77. The highest BCUT2D eigenvalue weighted by Gasteiger charge is 2.38. The lowest BCUT2D eigenvalue weighted by Gasteiger charge is -2.30. The van der Waals surface area contributed by atoms with Crippen LogP contribution in [0.4, 0.5) is 0 Å². The van der Waals surface area contributed by atoms with Crippen LogP contribution < -0.4 is 0 Å². The quantitative estimate of drug-likeness (QED) is 0.680. The Morgan fingerprint density at radius 3 is 1.71 bits per heavy atom. The van der Waals surface area contributed by atoms with E-state index in [0.717, 1.165) is 0 Å². The highest BCUT2D eigenvalue weighted by atomic mass is 33.1. The summed E-state index contributed by atoms with van der Waals surface area (Å²) < 4.78 is 6.16. The SMILES string of the molecule is CCC1SSC(CC)C1OC(C)(C)C. The van der Waals surface area contributed by atoms with Crippen molar-refractivity contribution in [2.24, 2.45) is 0 Å². The van der Waals surface area contributed by atoms with Gasteiger partial charge in [0.2, 0.25) is 0 Å². The van der Waals surface area contributed by atoms with E-state index >= 15 is 0 Å². The van der Waals surface area contributed by atoms with E-state index in [0.29, 0.717) is 16.6 Å². The molecular weight excluding hydrogens is 212 g/mol. The van der Waals surface area contributed by atoms with Gasteiger partial charge >= 0.3 is 0 Å². The summed E-state index contributed by atoms with van der Waals surface area (Å²) in [6.07, 6.45) is 2.88. The average Bonchev–Trinajstić information content (AvgIpc) is 2.44. The molecule has 0 aliphatic carbocycles. The fraction of sp³-hybridized carbons (Fsp3) is 1.00. The Kier molecular flexibility index (Phi) is 4.66. The van der Waals surface area contributed by atoms with Gasteiger partial charge in [-0.3, -0.25) is 0 Å². The van der Waals surface area contributed by atoms with E-state index < -0.39 is 0 Å². The molecule has 3 heteroatoms. The maximum absolute atomic E-state index is 6.16. The number of ether oxygens (including phenoxy) is 1. The molecule has 0 radical (unpaired) electrons. The van der Waals surface area contributed by atoms with Crippen molar-refractivity contribution in [2.45, 2.75) is 69.7 Å². The third-order valence-corrected chi connectivity index (χ3v) is 5.96. The van der Waals surface area contributed by atoms with Gasteiger partial charge in [0.25, 0.3) is 0 Å². The molecule has 0 aromatic carbocycles. The van der Waals surface area contributed by atoms with Gasteiger partial charge in [-0.15, -0.1) is 0 Å². The molecule has 0 aromatic rings. The summed E-state index contributed by atoms with van der Waals surface area (Å²) in [4.78, 5) is 0. The van der Waals surface area contributed by atoms with E-state index in [2.05, 4.69) is 34.6 Å². The molecule has 1 saturated heterocycles. The molecule has 1 rings (SSSR count). The molecule has 84 valence electrons. The molecule has 1 aliphatic rings. The van der Waals surface area contributed by atoms with E-state index in [1.54, 1.807) is 0 Å². The van der Waals surface area contributed by atoms with Crippen molar-refractivity contribution in [2.75, 3.05) is 0 Å². The lowest BCUT2D eigenvalue weighted by atomic mass is 10.1. The molecule has 1 nitrogen and oxygen atoms in total. The average molecular weight is 234 g/mol. The van der Waals surface area contributed by atoms with E-state index in [-0.39, 0.29) is 5.60 Å². The second kappa shape index (κ2) is 5.13. The highest BCUT2D eigenvalue weighted by Crippen LogP contribution is 2.48. The minimum atomic E-state index is -0.00301. The van der Waals surface area contributed by atoms with Gasteiger partial charge in [-0.25, -0.2) is 0 Å². The summed E-state index contributed by atoms with van der Waals surface area (Å²) in [6.45, 7) is 11.0. The second-order valence-electron chi connectivity index (χ2n) is 4.78. The molecule has 0 spiro atoms. The van der Waals surface area contributed by atoms with Gasteiger partial charge < -0.3 is 4.74 Å². The minimum absolute atomic E-state index is 0.00301. The topological polar surface area (TPSA) is 9.23 Å². The standard InChI is InChI=1S/C11H22OS2/c1-6-8-10(12-11(3,4)5)9(7-2)14-13-8/h8-10H,6-7H2,1-5H3. The van der Waals surface area contributed by atoms with Crippen molar-refractivity contribution in [3.8, 4) is 0 Å². The van der Waals surface area contributed by atoms with Crippen molar-refractivity contribution in [1.82, 2.24) is 0 Å². The van der Waals surface area contributed by atoms with Crippen molar-refractivity contribution in [1.29, 1.82) is 0 Å². The van der Waals surface area contributed by atoms with E-state index in [1.807, 2.05) is 21.6 Å². The third kappa shape index (κ3) is 3.35. The lowest BCUT2D eigenvalue weighted by molar-refractivity contribution is -0.0596. The van der Waals surface area contributed by atoms with Crippen LogP contribution in [-0.4, -0.2) is 22.2 Å². The van der Waals surface area contributed by atoms with Gasteiger partial charge in [0.1, 0.15) is 0 Å². The summed E-state index contributed by atoms with van der Waals surface area (Å²) >= 11 is 0. The number of hydrogen-bond acceptors (Lipinski definition) is 3. The zero-order valence-electron chi connectivity index (χ0n) is 9.87. The third-order valence-electron chi connectivity index (χ3n) is 2.33. The molecule has 1 fully saturated rings. The molecule has 1 heterocycles. The van der Waals surface area contributed by atoms with Crippen LogP contribution in [0.15, 0.2) is 0 Å². The summed E-state index contributed by atoms with van der Waals surface area (Å²) in [5.74, 6) is 0. The fourth-order valence-electron chi connectivity index (χ4n) is 1.65.